The van der Waals surface area contributed by atoms with Crippen LogP contribution in [0.5, 0.6) is 0 Å². The number of aliphatic imine (C=N–C) groups is 1. The molecule has 0 bridgehead atoms. The summed E-state index contributed by atoms with van der Waals surface area (Å²) in [6, 6.07) is 19.0. The van der Waals surface area contributed by atoms with Crippen LogP contribution in [0.2, 0.25) is 0 Å². The Bertz CT molecular complexity index is 1250. The first kappa shape index (κ1) is 20.3. The van der Waals surface area contributed by atoms with Crippen molar-refractivity contribution in [3.63, 3.8) is 0 Å². The lowest BCUT2D eigenvalue weighted by Gasteiger charge is -2.15. The van der Waals surface area contributed by atoms with Gasteiger partial charge in [0.05, 0.1) is 23.4 Å². The average molecular weight is 444 g/mol. The number of Topliss-reactive ketones (excluding diaryl/α,β-unsaturated/α-hetero) is 1. The van der Waals surface area contributed by atoms with Gasteiger partial charge >= 0.3 is 0 Å². The molecule has 6 nitrogen and oxygen atoms in total. The van der Waals surface area contributed by atoms with Gasteiger partial charge in [0.2, 0.25) is 0 Å². The fourth-order valence-electron chi connectivity index (χ4n) is 3.82. The van der Waals surface area contributed by atoms with Gasteiger partial charge in [-0.3, -0.25) is 14.5 Å². The van der Waals surface area contributed by atoms with Crippen molar-refractivity contribution in [3.05, 3.63) is 94.9 Å². The summed E-state index contributed by atoms with van der Waals surface area (Å²) in [5, 5.41) is 0.561. The molecule has 1 saturated heterocycles. The minimum absolute atomic E-state index is 0.0251. The molecular formula is C25H21N3O3S. The molecule has 7 heteroatoms. The van der Waals surface area contributed by atoms with E-state index in [0.29, 0.717) is 27.1 Å². The second kappa shape index (κ2) is 8.51. The predicted molar refractivity (Wildman–Crippen MR) is 126 cm³/mol. The van der Waals surface area contributed by atoms with Crippen molar-refractivity contribution in [3.8, 4) is 0 Å². The highest BCUT2D eigenvalue weighted by Crippen LogP contribution is 2.36. The molecule has 1 fully saturated rings. The van der Waals surface area contributed by atoms with Crippen LogP contribution >= 0.6 is 11.8 Å². The summed E-state index contributed by atoms with van der Waals surface area (Å²) in [6.45, 7) is 2.65. The largest absolute Gasteiger partial charge is 0.467 e. The quantitative estimate of drug-likeness (QED) is 0.403. The van der Waals surface area contributed by atoms with Gasteiger partial charge < -0.3 is 9.32 Å². The second-order valence-corrected chi connectivity index (χ2v) is 8.65. The molecule has 2 aliphatic heterocycles. The fourth-order valence-corrected chi connectivity index (χ4v) is 4.81. The van der Waals surface area contributed by atoms with E-state index in [1.165, 1.54) is 24.2 Å². The van der Waals surface area contributed by atoms with E-state index in [1.54, 1.807) is 35.4 Å². The van der Waals surface area contributed by atoms with Gasteiger partial charge in [0.25, 0.3) is 5.91 Å². The number of carbonyl (C=O) groups excluding carboxylic acids is 2. The van der Waals surface area contributed by atoms with Crippen LogP contribution in [-0.2, 0) is 17.8 Å². The van der Waals surface area contributed by atoms with Gasteiger partial charge in [0.15, 0.2) is 11.0 Å². The Balaban J connectivity index is 1.49. The maximum atomic E-state index is 13.3. The van der Waals surface area contributed by atoms with Crippen LogP contribution in [0.15, 0.2) is 87.4 Å². The number of thioether (sulfide) groups is 1. The molecule has 0 unspecified atom stereocenters. The van der Waals surface area contributed by atoms with E-state index in [0.717, 1.165) is 18.7 Å². The smallest absolute Gasteiger partial charge is 0.268 e. The molecule has 1 amide bonds. The van der Waals surface area contributed by atoms with Crippen LogP contribution in [0.25, 0.3) is 0 Å². The number of anilines is 1. The van der Waals surface area contributed by atoms with Crippen molar-refractivity contribution in [2.75, 3.05) is 11.4 Å². The number of furan rings is 1. The fraction of sp³-hybridized carbons (Fsp3) is 0.160. The predicted octanol–water partition coefficient (Wildman–Crippen LogP) is 5.15. The first-order chi connectivity index (χ1) is 15.6. The summed E-state index contributed by atoms with van der Waals surface area (Å²) in [6.07, 6.45) is 4.46. The highest BCUT2D eigenvalue weighted by Gasteiger charge is 2.35. The average Bonchev–Trinajstić information content (AvgIpc) is 3.52. The third-order valence-corrected chi connectivity index (χ3v) is 6.45. The number of rotatable bonds is 5. The number of benzene rings is 2. The third kappa shape index (κ3) is 3.99. The molecule has 2 aliphatic rings. The first-order valence-electron chi connectivity index (χ1n) is 10.4. The van der Waals surface area contributed by atoms with E-state index in [-0.39, 0.29) is 18.2 Å². The van der Waals surface area contributed by atoms with Crippen molar-refractivity contribution < 1.29 is 14.0 Å². The zero-order valence-corrected chi connectivity index (χ0v) is 18.3. The maximum Gasteiger partial charge on any atom is 0.268 e. The number of carbonyl (C=O) groups is 2. The van der Waals surface area contributed by atoms with Crippen LogP contribution in [-0.4, -0.2) is 28.3 Å². The summed E-state index contributed by atoms with van der Waals surface area (Å²) in [5.74, 6) is 0.539. The SMILES string of the molecule is CC(=O)c1cccc(N=C2SC(=CN3CCc4ccccc43)C(=O)N2Cc2ccco2)c1. The molecule has 2 aromatic carbocycles. The molecule has 32 heavy (non-hydrogen) atoms. The molecule has 0 atom stereocenters. The van der Waals surface area contributed by atoms with Crippen LogP contribution in [0.4, 0.5) is 11.4 Å². The Morgan fingerprint density at radius 2 is 2.03 bits per heavy atom. The summed E-state index contributed by atoms with van der Waals surface area (Å²) < 4.78 is 5.48. The minimum Gasteiger partial charge on any atom is -0.467 e. The zero-order valence-electron chi connectivity index (χ0n) is 17.5. The van der Waals surface area contributed by atoms with Crippen molar-refractivity contribution in [2.45, 2.75) is 19.9 Å². The van der Waals surface area contributed by atoms with Gasteiger partial charge in [-0.15, -0.1) is 0 Å². The maximum absolute atomic E-state index is 13.3. The number of ketones is 1. The molecule has 1 aromatic heterocycles. The third-order valence-electron chi connectivity index (χ3n) is 5.46. The number of amidine groups is 1. The van der Waals surface area contributed by atoms with Crippen molar-refractivity contribution in [1.82, 2.24) is 4.90 Å². The second-order valence-electron chi connectivity index (χ2n) is 7.64. The lowest BCUT2D eigenvalue weighted by Crippen LogP contribution is -2.28. The van der Waals surface area contributed by atoms with Gasteiger partial charge in [-0.25, -0.2) is 4.99 Å². The Hall–Kier alpha value is -3.58. The molecule has 0 saturated carbocycles. The highest BCUT2D eigenvalue weighted by atomic mass is 32.2. The summed E-state index contributed by atoms with van der Waals surface area (Å²) >= 11 is 1.34. The lowest BCUT2D eigenvalue weighted by molar-refractivity contribution is -0.122. The number of hydrogen-bond donors (Lipinski definition) is 0. The number of nitrogens with zero attached hydrogens (tertiary/aromatic N) is 3. The molecular weight excluding hydrogens is 422 g/mol. The highest BCUT2D eigenvalue weighted by molar-refractivity contribution is 8.18. The number of para-hydroxylation sites is 1. The summed E-state index contributed by atoms with van der Waals surface area (Å²) in [4.78, 5) is 34.2. The molecule has 0 N–H and O–H groups in total. The van der Waals surface area contributed by atoms with E-state index in [4.69, 9.17) is 9.41 Å². The van der Waals surface area contributed by atoms with Gasteiger partial charge in [-0.05, 0) is 61.0 Å². The van der Waals surface area contributed by atoms with Gasteiger partial charge in [0, 0.05) is 24.0 Å². The Kier molecular flexibility index (Phi) is 5.41. The first-order valence-corrected chi connectivity index (χ1v) is 11.2. The van der Waals surface area contributed by atoms with E-state index >= 15 is 0 Å². The van der Waals surface area contributed by atoms with Crippen LogP contribution in [0.1, 0.15) is 28.6 Å². The van der Waals surface area contributed by atoms with Gasteiger partial charge in [-0.1, -0.05) is 30.3 Å². The topological polar surface area (TPSA) is 66.1 Å². The molecule has 0 aliphatic carbocycles. The number of amides is 1. The van der Waals surface area contributed by atoms with E-state index in [1.807, 2.05) is 30.5 Å². The lowest BCUT2D eigenvalue weighted by atomic mass is 10.1. The molecule has 160 valence electrons. The molecule has 0 radical (unpaired) electrons. The minimum atomic E-state index is -0.114. The Morgan fingerprint density at radius 1 is 1.16 bits per heavy atom. The molecule has 3 aromatic rings. The van der Waals surface area contributed by atoms with Gasteiger partial charge in [-0.2, -0.15) is 0 Å². The monoisotopic (exact) mass is 443 g/mol. The van der Waals surface area contributed by atoms with Crippen molar-refractivity contribution in [2.24, 2.45) is 4.99 Å². The van der Waals surface area contributed by atoms with Crippen LogP contribution < -0.4 is 4.90 Å². The molecule has 3 heterocycles. The summed E-state index contributed by atoms with van der Waals surface area (Å²) in [5.41, 5.74) is 3.63. The normalized spacial score (nSPS) is 18.1. The number of hydrogen-bond acceptors (Lipinski definition) is 6. The van der Waals surface area contributed by atoms with E-state index in [9.17, 15) is 9.59 Å². The number of fused-ring (bicyclic) bond motifs is 1. The molecule has 0 spiro atoms. The standard InChI is InChI=1S/C25H21N3O3S/c1-17(29)19-7-4-8-20(14-19)26-25-28(15-21-9-5-13-31-21)24(30)23(32-25)16-27-12-11-18-6-2-3-10-22(18)27/h2-10,13-14,16H,11-12,15H2,1H3. The van der Waals surface area contributed by atoms with Crippen LogP contribution in [0.3, 0.4) is 0 Å². The van der Waals surface area contributed by atoms with Crippen molar-refractivity contribution in [1.29, 1.82) is 0 Å². The van der Waals surface area contributed by atoms with Crippen molar-refractivity contribution >= 4 is 40.0 Å². The van der Waals surface area contributed by atoms with E-state index < -0.39 is 0 Å². The van der Waals surface area contributed by atoms with Crippen LogP contribution in [0, 0.1) is 0 Å². The zero-order chi connectivity index (χ0) is 22.1. The van der Waals surface area contributed by atoms with Gasteiger partial charge in [0.1, 0.15) is 5.76 Å². The molecule has 5 rings (SSSR count). The Labute approximate surface area is 190 Å². The summed E-state index contributed by atoms with van der Waals surface area (Å²) in [7, 11) is 0. The van der Waals surface area contributed by atoms with E-state index in [2.05, 4.69) is 17.0 Å². The Morgan fingerprint density at radius 3 is 2.84 bits per heavy atom.